The summed E-state index contributed by atoms with van der Waals surface area (Å²) in [7, 11) is -13.8. The Morgan fingerprint density at radius 1 is 0.742 bits per heavy atom. The number of hydrogen-bond donors (Lipinski definition) is 4. The summed E-state index contributed by atoms with van der Waals surface area (Å²) in [6.45, 7) is 1.75. The van der Waals surface area contributed by atoms with Gasteiger partial charge in [0.1, 0.15) is 5.75 Å². The zero-order valence-electron chi connectivity index (χ0n) is 16.1. The van der Waals surface area contributed by atoms with Gasteiger partial charge in [0.2, 0.25) is 0 Å². The molecule has 0 heterocycles. The van der Waals surface area contributed by atoms with E-state index in [0.29, 0.717) is 6.07 Å². The molecule has 0 atom stereocenters. The van der Waals surface area contributed by atoms with Crippen molar-refractivity contribution < 1.29 is 69.0 Å². The first-order valence-corrected chi connectivity index (χ1v) is 12.4. The Morgan fingerprint density at radius 2 is 1.23 bits per heavy atom. The second-order valence-electron chi connectivity index (χ2n) is 6.38. The van der Waals surface area contributed by atoms with Crippen LogP contribution in [-0.4, -0.2) is 39.5 Å². The SMILES string of the molecule is Cc1ccc(S(=O)(=O)Nc2cc(S(=O)(=O)O)cc3cc(S(=O)(=O)O)cc(O)c23)cc1.[Na+]. The molecular weight excluding hydrogens is 481 g/mol. The van der Waals surface area contributed by atoms with E-state index in [9.17, 15) is 39.5 Å². The van der Waals surface area contributed by atoms with Gasteiger partial charge in [-0.25, -0.2) is 8.42 Å². The molecule has 0 aliphatic carbocycles. The third kappa shape index (κ3) is 5.56. The van der Waals surface area contributed by atoms with Crippen molar-refractivity contribution in [1.82, 2.24) is 0 Å². The van der Waals surface area contributed by atoms with Gasteiger partial charge in [0, 0.05) is 11.5 Å². The van der Waals surface area contributed by atoms with Gasteiger partial charge in [-0.1, -0.05) is 17.7 Å². The van der Waals surface area contributed by atoms with E-state index in [2.05, 4.69) is 4.72 Å². The zero-order chi connectivity index (χ0) is 22.5. The van der Waals surface area contributed by atoms with Crippen molar-refractivity contribution in [3.8, 4) is 5.75 Å². The van der Waals surface area contributed by atoms with Gasteiger partial charge in [-0.2, -0.15) is 16.8 Å². The number of fused-ring (bicyclic) bond motifs is 1. The van der Waals surface area contributed by atoms with Crippen LogP contribution in [-0.2, 0) is 30.3 Å². The molecule has 31 heavy (non-hydrogen) atoms. The molecule has 0 spiro atoms. The quantitative estimate of drug-likeness (QED) is 0.259. The van der Waals surface area contributed by atoms with Crippen LogP contribution >= 0.6 is 0 Å². The van der Waals surface area contributed by atoms with E-state index in [1.54, 1.807) is 6.92 Å². The van der Waals surface area contributed by atoms with Crippen molar-refractivity contribution in [2.45, 2.75) is 21.6 Å². The third-order valence-corrected chi connectivity index (χ3v) is 7.19. The van der Waals surface area contributed by atoms with E-state index < -0.39 is 51.5 Å². The van der Waals surface area contributed by atoms with Crippen molar-refractivity contribution in [1.29, 1.82) is 0 Å². The van der Waals surface area contributed by atoms with Gasteiger partial charge in [-0.05, 0) is 42.6 Å². The van der Waals surface area contributed by atoms with Crippen molar-refractivity contribution in [3.63, 3.8) is 0 Å². The first kappa shape index (κ1) is 25.5. The molecular formula is C17H15NNaO9S3+. The van der Waals surface area contributed by atoms with Crippen LogP contribution in [0.1, 0.15) is 5.56 Å². The summed E-state index contributed by atoms with van der Waals surface area (Å²) in [5.41, 5.74) is 0.364. The van der Waals surface area contributed by atoms with Gasteiger partial charge in [0.15, 0.2) is 0 Å². The largest absolute Gasteiger partial charge is 1.00 e. The number of phenolic OH excluding ortho intramolecular Hbond substituents is 1. The molecule has 0 aliphatic heterocycles. The average molecular weight is 496 g/mol. The predicted molar refractivity (Wildman–Crippen MR) is 107 cm³/mol. The Labute approximate surface area is 200 Å². The van der Waals surface area contributed by atoms with E-state index >= 15 is 0 Å². The van der Waals surface area contributed by atoms with Crippen LogP contribution in [0.15, 0.2) is 63.2 Å². The number of phenols is 1. The minimum absolute atomic E-state index is 0. The number of rotatable bonds is 5. The fraction of sp³-hybridized carbons (Fsp3) is 0.0588. The molecule has 3 rings (SSSR count). The van der Waals surface area contributed by atoms with E-state index in [0.717, 1.165) is 23.8 Å². The minimum Gasteiger partial charge on any atom is -0.507 e. The number of hydrogen-bond acceptors (Lipinski definition) is 7. The Hall–Kier alpha value is -1.71. The Kier molecular flexibility index (Phi) is 7.15. The standard InChI is InChI=1S/C17H15NO9S3.Na/c1-10-2-4-12(5-3-10)28(20,21)18-15-8-13(29(22,23)24)6-11-7-14(30(25,26)27)9-16(19)17(11)15;/h2-9,18-19H,1H3,(H,22,23,24)(H,25,26,27);/q;+1. The summed E-state index contributed by atoms with van der Waals surface area (Å²) in [6.07, 6.45) is 0. The smallest absolute Gasteiger partial charge is 0.507 e. The molecule has 0 unspecified atom stereocenters. The summed E-state index contributed by atoms with van der Waals surface area (Å²) in [5.74, 6) is -0.747. The molecule has 4 N–H and O–H groups in total. The second kappa shape index (κ2) is 8.67. The van der Waals surface area contributed by atoms with E-state index in [1.165, 1.54) is 24.3 Å². The van der Waals surface area contributed by atoms with Crippen molar-refractivity contribution in [2.75, 3.05) is 4.72 Å². The molecule has 3 aromatic rings. The summed E-state index contributed by atoms with van der Waals surface area (Å²) in [5, 5.41) is 9.76. The molecule has 10 nitrogen and oxygen atoms in total. The summed E-state index contributed by atoms with van der Waals surface area (Å²) < 4.78 is 92.2. The van der Waals surface area contributed by atoms with Crippen LogP contribution in [0.5, 0.6) is 5.75 Å². The number of aryl methyl sites for hydroxylation is 1. The normalized spacial score (nSPS) is 12.4. The van der Waals surface area contributed by atoms with Crippen LogP contribution in [0.2, 0.25) is 0 Å². The molecule has 0 saturated carbocycles. The monoisotopic (exact) mass is 496 g/mol. The van der Waals surface area contributed by atoms with Gasteiger partial charge in [-0.15, -0.1) is 0 Å². The molecule has 160 valence electrons. The molecule has 14 heteroatoms. The van der Waals surface area contributed by atoms with Gasteiger partial charge in [-0.3, -0.25) is 13.8 Å². The molecule has 0 aromatic heterocycles. The molecule has 0 radical (unpaired) electrons. The van der Waals surface area contributed by atoms with Gasteiger partial charge in [0.25, 0.3) is 30.3 Å². The summed E-state index contributed by atoms with van der Waals surface area (Å²) >= 11 is 0. The second-order valence-corrected chi connectivity index (χ2v) is 10.9. The minimum atomic E-state index is -4.83. The van der Waals surface area contributed by atoms with Crippen LogP contribution in [0.25, 0.3) is 10.8 Å². The van der Waals surface area contributed by atoms with Crippen LogP contribution in [0.4, 0.5) is 5.69 Å². The number of sulfonamides is 1. The molecule has 0 bridgehead atoms. The first-order valence-electron chi connectivity index (χ1n) is 8.04. The van der Waals surface area contributed by atoms with Gasteiger partial charge >= 0.3 is 29.6 Å². The molecule has 0 fully saturated rings. The van der Waals surface area contributed by atoms with Crippen LogP contribution in [0, 0.1) is 6.92 Å². The van der Waals surface area contributed by atoms with Crippen LogP contribution < -0.4 is 34.3 Å². The van der Waals surface area contributed by atoms with Crippen molar-refractivity contribution >= 4 is 46.7 Å². The summed E-state index contributed by atoms with van der Waals surface area (Å²) in [6, 6.07) is 8.79. The molecule has 0 amide bonds. The molecule has 3 aromatic carbocycles. The zero-order valence-corrected chi connectivity index (χ0v) is 20.6. The summed E-state index contributed by atoms with van der Waals surface area (Å²) in [4.78, 5) is -1.68. The number of benzene rings is 3. The van der Waals surface area contributed by atoms with Crippen LogP contribution in [0.3, 0.4) is 0 Å². The maximum Gasteiger partial charge on any atom is 1.00 e. The maximum atomic E-state index is 12.7. The molecule has 0 aliphatic rings. The van der Waals surface area contributed by atoms with Crippen molar-refractivity contribution in [3.05, 3.63) is 54.1 Å². The van der Waals surface area contributed by atoms with E-state index in [1.807, 2.05) is 0 Å². The number of aromatic hydroxyl groups is 1. The Balaban J connectivity index is 0.00000341. The van der Waals surface area contributed by atoms with Gasteiger partial charge in [0.05, 0.1) is 20.4 Å². The topological polar surface area (TPSA) is 175 Å². The average Bonchev–Trinajstić information content (AvgIpc) is 2.59. The fourth-order valence-electron chi connectivity index (χ4n) is 2.74. The Morgan fingerprint density at radius 3 is 1.71 bits per heavy atom. The van der Waals surface area contributed by atoms with Crippen molar-refractivity contribution in [2.24, 2.45) is 0 Å². The number of nitrogens with one attached hydrogen (secondary N) is 1. The van der Waals surface area contributed by atoms with Gasteiger partial charge < -0.3 is 5.11 Å². The number of anilines is 1. The Bertz CT molecular complexity index is 1480. The molecule has 0 saturated heterocycles. The fourth-order valence-corrected chi connectivity index (χ4v) is 4.88. The van der Waals surface area contributed by atoms with E-state index in [4.69, 9.17) is 0 Å². The maximum absolute atomic E-state index is 12.7. The third-order valence-electron chi connectivity index (χ3n) is 4.15. The van der Waals surface area contributed by atoms with E-state index in [-0.39, 0.29) is 45.2 Å². The predicted octanol–water partition coefficient (Wildman–Crippen LogP) is -0.848. The first-order chi connectivity index (χ1) is 13.7.